The number of aromatic nitrogens is 1. The van der Waals surface area contributed by atoms with Crippen molar-refractivity contribution >= 4 is 11.8 Å². The van der Waals surface area contributed by atoms with E-state index in [4.69, 9.17) is 9.47 Å². The molecule has 0 aliphatic carbocycles. The maximum atomic E-state index is 12.3. The van der Waals surface area contributed by atoms with Gasteiger partial charge in [-0.15, -0.1) is 0 Å². The predicted molar refractivity (Wildman–Crippen MR) is 105 cm³/mol. The first-order valence-electron chi connectivity index (χ1n) is 9.32. The van der Waals surface area contributed by atoms with Gasteiger partial charge in [-0.2, -0.15) is 0 Å². The number of fused-ring (bicyclic) bond motifs is 3. The number of methoxy groups -OCH3 is 1. The summed E-state index contributed by atoms with van der Waals surface area (Å²) in [7, 11) is 5.52. The summed E-state index contributed by atoms with van der Waals surface area (Å²) in [6.07, 6.45) is 1.86. The van der Waals surface area contributed by atoms with Gasteiger partial charge < -0.3 is 19.5 Å². The highest BCUT2D eigenvalue weighted by Crippen LogP contribution is 2.50. The second kappa shape index (κ2) is 6.98. The number of hydrogen-bond donors (Lipinski definition) is 1. The fourth-order valence-corrected chi connectivity index (χ4v) is 4.24. The first-order valence-corrected chi connectivity index (χ1v) is 9.32. The number of nitrogens with zero attached hydrogens (tertiary/aromatic N) is 3. The lowest BCUT2D eigenvalue weighted by Crippen LogP contribution is -2.45. The normalized spacial score (nSPS) is 23.5. The van der Waals surface area contributed by atoms with Gasteiger partial charge in [-0.25, -0.2) is 4.98 Å². The maximum absolute atomic E-state index is 12.3. The maximum Gasteiger partial charge on any atom is 0.315 e. The third kappa shape index (κ3) is 3.05. The molecule has 2 aromatic rings. The number of likely N-dealkylation sites (tertiary alicyclic amines) is 1. The van der Waals surface area contributed by atoms with Gasteiger partial charge in [0, 0.05) is 57.5 Å². The molecular formula is C21H25N3O4. The third-order valence-corrected chi connectivity index (χ3v) is 5.79. The first-order chi connectivity index (χ1) is 13.4. The zero-order valence-corrected chi connectivity index (χ0v) is 16.4. The first kappa shape index (κ1) is 18.6. The van der Waals surface area contributed by atoms with Gasteiger partial charge in [0.2, 0.25) is 0 Å². The fraction of sp³-hybridized carbons (Fsp3) is 0.429. The van der Waals surface area contributed by atoms with Crippen LogP contribution in [0.3, 0.4) is 0 Å². The minimum absolute atomic E-state index is 0.117. The summed E-state index contributed by atoms with van der Waals surface area (Å²) in [6.45, 7) is 1.96. The standard InChI is InChI=1S/C21H25N3O4/c1-23(2)19-7-4-14(9-22-19)10-24-11-17-16-6-5-15(27-3)8-18(16)28-13-21(17,12-24)20(25)26/h4-9,17H,10-13H2,1-3H3,(H,25,26)/t17-,21-/m1/s1. The molecule has 148 valence electrons. The molecule has 1 N–H and O–H groups in total. The topological polar surface area (TPSA) is 75.1 Å². The molecule has 28 heavy (non-hydrogen) atoms. The van der Waals surface area contributed by atoms with E-state index in [9.17, 15) is 9.90 Å². The molecule has 0 radical (unpaired) electrons. The van der Waals surface area contributed by atoms with E-state index in [1.807, 2.05) is 55.5 Å². The van der Waals surface area contributed by atoms with Gasteiger partial charge in [0.05, 0.1) is 7.11 Å². The van der Waals surface area contributed by atoms with Crippen LogP contribution < -0.4 is 14.4 Å². The highest BCUT2D eigenvalue weighted by molar-refractivity contribution is 5.78. The smallest absolute Gasteiger partial charge is 0.315 e. The van der Waals surface area contributed by atoms with Gasteiger partial charge >= 0.3 is 5.97 Å². The molecule has 0 bridgehead atoms. The number of ether oxygens (including phenoxy) is 2. The van der Waals surface area contributed by atoms with Crippen molar-refractivity contribution in [2.75, 3.05) is 45.8 Å². The van der Waals surface area contributed by atoms with E-state index in [1.54, 1.807) is 7.11 Å². The second-order valence-electron chi connectivity index (χ2n) is 7.80. The highest BCUT2D eigenvalue weighted by atomic mass is 16.5. The van der Waals surface area contributed by atoms with Crippen LogP contribution in [0.25, 0.3) is 0 Å². The van der Waals surface area contributed by atoms with Gasteiger partial charge in [0.15, 0.2) is 0 Å². The van der Waals surface area contributed by atoms with Crippen LogP contribution in [0.2, 0.25) is 0 Å². The predicted octanol–water partition coefficient (Wildman–Crippen LogP) is 2.22. The van der Waals surface area contributed by atoms with E-state index in [1.165, 1.54) is 0 Å². The second-order valence-corrected chi connectivity index (χ2v) is 7.80. The molecule has 0 amide bonds. The minimum atomic E-state index is -0.932. The van der Waals surface area contributed by atoms with E-state index in [0.717, 1.165) is 22.7 Å². The van der Waals surface area contributed by atoms with Crippen LogP contribution in [-0.4, -0.2) is 61.9 Å². The summed E-state index contributed by atoms with van der Waals surface area (Å²) >= 11 is 0. The van der Waals surface area contributed by atoms with Gasteiger partial charge in [-0.1, -0.05) is 12.1 Å². The number of carboxylic acid groups (broad SMARTS) is 1. The molecule has 1 saturated heterocycles. The van der Waals surface area contributed by atoms with Crippen LogP contribution in [0.1, 0.15) is 17.0 Å². The van der Waals surface area contributed by atoms with Gasteiger partial charge in [0.1, 0.15) is 29.3 Å². The Morgan fingerprint density at radius 1 is 1.39 bits per heavy atom. The molecule has 0 unspecified atom stereocenters. The van der Waals surface area contributed by atoms with Gasteiger partial charge in [0.25, 0.3) is 0 Å². The van der Waals surface area contributed by atoms with Crippen molar-refractivity contribution < 1.29 is 19.4 Å². The Morgan fingerprint density at radius 3 is 2.86 bits per heavy atom. The number of pyridine rings is 1. The zero-order valence-electron chi connectivity index (χ0n) is 16.4. The Morgan fingerprint density at radius 2 is 2.21 bits per heavy atom. The Balaban J connectivity index is 1.59. The molecule has 2 aliphatic heterocycles. The van der Waals surface area contributed by atoms with E-state index >= 15 is 0 Å². The van der Waals surface area contributed by atoms with Crippen molar-refractivity contribution in [1.29, 1.82) is 0 Å². The quantitative estimate of drug-likeness (QED) is 0.848. The lowest BCUT2D eigenvalue weighted by molar-refractivity contribution is -0.151. The fourth-order valence-electron chi connectivity index (χ4n) is 4.24. The number of anilines is 1. The summed E-state index contributed by atoms with van der Waals surface area (Å²) in [5, 5.41) is 10.1. The SMILES string of the molecule is COc1ccc2c(c1)OC[C@]1(C(=O)O)CN(Cc3ccc(N(C)C)nc3)C[C@H]21. The minimum Gasteiger partial charge on any atom is -0.497 e. The molecule has 1 aromatic heterocycles. The van der Waals surface area contributed by atoms with Crippen LogP contribution in [0.4, 0.5) is 5.82 Å². The Bertz CT molecular complexity index is 884. The van der Waals surface area contributed by atoms with E-state index in [2.05, 4.69) is 9.88 Å². The van der Waals surface area contributed by atoms with E-state index in [0.29, 0.717) is 25.4 Å². The average molecular weight is 383 g/mol. The molecule has 7 heteroatoms. The number of benzene rings is 1. The highest BCUT2D eigenvalue weighted by Gasteiger charge is 2.56. The van der Waals surface area contributed by atoms with Crippen molar-refractivity contribution in [3.63, 3.8) is 0 Å². The third-order valence-electron chi connectivity index (χ3n) is 5.79. The molecule has 1 aromatic carbocycles. The zero-order chi connectivity index (χ0) is 19.9. The van der Waals surface area contributed by atoms with Crippen LogP contribution in [0.5, 0.6) is 11.5 Å². The van der Waals surface area contributed by atoms with Crippen LogP contribution >= 0.6 is 0 Å². The lowest BCUT2D eigenvalue weighted by atomic mass is 9.73. The van der Waals surface area contributed by atoms with Crippen molar-refractivity contribution in [3.05, 3.63) is 47.7 Å². The van der Waals surface area contributed by atoms with Crippen molar-refractivity contribution in [3.8, 4) is 11.5 Å². The number of aliphatic carboxylic acids is 1. The Kier molecular flexibility index (Phi) is 4.63. The summed E-state index contributed by atoms with van der Waals surface area (Å²) in [4.78, 5) is 20.9. The number of carbonyl (C=O) groups is 1. The monoisotopic (exact) mass is 383 g/mol. The average Bonchev–Trinajstić information content (AvgIpc) is 3.07. The number of rotatable bonds is 5. The largest absolute Gasteiger partial charge is 0.497 e. The van der Waals surface area contributed by atoms with Crippen molar-refractivity contribution in [1.82, 2.24) is 9.88 Å². The summed E-state index contributed by atoms with van der Waals surface area (Å²) in [5.74, 6) is 1.41. The molecule has 7 nitrogen and oxygen atoms in total. The van der Waals surface area contributed by atoms with Gasteiger partial charge in [-0.3, -0.25) is 9.69 Å². The molecule has 1 fully saturated rings. The lowest BCUT2D eigenvalue weighted by Gasteiger charge is -2.36. The Hall–Kier alpha value is -2.80. The molecular weight excluding hydrogens is 358 g/mol. The van der Waals surface area contributed by atoms with Crippen molar-refractivity contribution in [2.45, 2.75) is 12.5 Å². The molecule has 4 rings (SSSR count). The van der Waals surface area contributed by atoms with Crippen LogP contribution in [-0.2, 0) is 11.3 Å². The molecule has 2 atom stereocenters. The van der Waals surface area contributed by atoms with E-state index < -0.39 is 11.4 Å². The molecule has 3 heterocycles. The number of hydrogen-bond acceptors (Lipinski definition) is 6. The summed E-state index contributed by atoms with van der Waals surface area (Å²) in [6, 6.07) is 9.68. The van der Waals surface area contributed by atoms with Crippen LogP contribution in [0.15, 0.2) is 36.5 Å². The summed E-state index contributed by atoms with van der Waals surface area (Å²) in [5.41, 5.74) is 1.08. The summed E-state index contributed by atoms with van der Waals surface area (Å²) < 4.78 is 11.2. The molecule has 0 saturated carbocycles. The van der Waals surface area contributed by atoms with E-state index in [-0.39, 0.29) is 12.5 Å². The van der Waals surface area contributed by atoms with Gasteiger partial charge in [-0.05, 0) is 17.7 Å². The van der Waals surface area contributed by atoms with Crippen molar-refractivity contribution in [2.24, 2.45) is 5.41 Å². The Labute approximate surface area is 164 Å². The molecule has 0 spiro atoms. The molecule has 2 aliphatic rings. The number of carboxylic acids is 1. The van der Waals surface area contributed by atoms with Crippen LogP contribution in [0, 0.1) is 5.41 Å².